The molecule has 4 heteroatoms. The number of rotatable bonds is 17. The summed E-state index contributed by atoms with van der Waals surface area (Å²) < 4.78 is 6.00. The zero-order valence-electron chi connectivity index (χ0n) is 19.0. The molecule has 28 heavy (non-hydrogen) atoms. The van der Waals surface area contributed by atoms with Crippen LogP contribution < -0.4 is 11.1 Å². The van der Waals surface area contributed by atoms with Crippen LogP contribution >= 0.6 is 0 Å². The van der Waals surface area contributed by atoms with Crippen molar-refractivity contribution >= 4 is 19.4 Å². The highest BCUT2D eigenvalue weighted by Crippen LogP contribution is 2.24. The molecule has 1 aromatic heterocycles. The Kier molecular flexibility index (Phi) is 12.5. The second-order valence-electron chi connectivity index (χ2n) is 8.52. The van der Waals surface area contributed by atoms with Gasteiger partial charge in [0.25, 0.3) is 0 Å². The summed E-state index contributed by atoms with van der Waals surface area (Å²) in [7, 11) is -1.48. The average molecular weight is 408 g/mol. The second kappa shape index (κ2) is 14.0. The van der Waals surface area contributed by atoms with E-state index in [2.05, 4.69) is 33.8 Å². The smallest absolute Gasteiger partial charge is 0.220 e. The summed E-state index contributed by atoms with van der Waals surface area (Å²) in [6, 6.07) is 5.88. The van der Waals surface area contributed by atoms with Crippen LogP contribution in [0.2, 0.25) is 18.1 Å². The van der Waals surface area contributed by atoms with Gasteiger partial charge in [-0.15, -0.1) is 0 Å². The minimum Gasteiger partial charge on any atom is -0.474 e. The van der Waals surface area contributed by atoms with Crippen molar-refractivity contribution in [1.82, 2.24) is 0 Å². The van der Waals surface area contributed by atoms with Crippen LogP contribution in [0.4, 0.5) is 0 Å². The molecule has 0 bridgehead atoms. The number of hydrogen-bond acceptors (Lipinski definition) is 2. The fraction of sp³-hybridized carbons (Fsp3) is 0.792. The predicted octanol–water partition coefficient (Wildman–Crippen LogP) is 6.56. The minimum absolute atomic E-state index is 0.0384. The van der Waals surface area contributed by atoms with Crippen molar-refractivity contribution in [3.8, 4) is 0 Å². The van der Waals surface area contributed by atoms with Crippen molar-refractivity contribution in [2.24, 2.45) is 11.7 Å². The standard InChI is InChI=1S/C24H45NO2Si/c1-5-9-10-11-12-13-14-16-21(23(25)26)17-15-18-22-19-20-27-24(22)28(6-2,7-3)8-4/h19-21H,5-18H2,1-4H3,(H2,25,26). The highest BCUT2D eigenvalue weighted by Gasteiger charge is 2.34. The highest BCUT2D eigenvalue weighted by atomic mass is 28.3. The quantitative estimate of drug-likeness (QED) is 0.235. The van der Waals surface area contributed by atoms with E-state index in [9.17, 15) is 4.79 Å². The lowest BCUT2D eigenvalue weighted by Crippen LogP contribution is -2.46. The van der Waals surface area contributed by atoms with E-state index < -0.39 is 8.07 Å². The molecule has 0 fully saturated rings. The van der Waals surface area contributed by atoms with Gasteiger partial charge in [-0.1, -0.05) is 90.8 Å². The molecule has 162 valence electrons. The normalized spacial score (nSPS) is 13.0. The first kappa shape index (κ1) is 25.0. The number of nitrogens with two attached hydrogens (primary N) is 1. The van der Waals surface area contributed by atoms with Gasteiger partial charge in [0.15, 0.2) is 0 Å². The van der Waals surface area contributed by atoms with Crippen LogP contribution in [0.25, 0.3) is 0 Å². The van der Waals surface area contributed by atoms with Crippen LogP contribution in [0.15, 0.2) is 16.7 Å². The van der Waals surface area contributed by atoms with Gasteiger partial charge in [-0.25, -0.2) is 0 Å². The SMILES string of the molecule is CCCCCCCCCC(CCCc1ccoc1[Si](CC)(CC)CC)C(N)=O. The summed E-state index contributed by atoms with van der Waals surface area (Å²) in [5.41, 5.74) is 7.08. The van der Waals surface area contributed by atoms with Gasteiger partial charge >= 0.3 is 0 Å². The lowest BCUT2D eigenvalue weighted by Gasteiger charge is -2.26. The maximum Gasteiger partial charge on any atom is 0.220 e. The number of carbonyl (C=O) groups excluding carboxylic acids is 1. The molecule has 1 atom stereocenters. The molecule has 0 radical (unpaired) electrons. The zero-order chi connectivity index (χ0) is 20.8. The van der Waals surface area contributed by atoms with Crippen molar-refractivity contribution in [3.05, 3.63) is 17.9 Å². The third-order valence-corrected chi connectivity index (χ3v) is 12.3. The number of carbonyl (C=O) groups is 1. The van der Waals surface area contributed by atoms with E-state index in [1.807, 2.05) is 6.26 Å². The predicted molar refractivity (Wildman–Crippen MR) is 124 cm³/mol. The monoisotopic (exact) mass is 407 g/mol. The first-order valence-electron chi connectivity index (χ1n) is 11.9. The van der Waals surface area contributed by atoms with Gasteiger partial charge in [-0.3, -0.25) is 4.79 Å². The molecule has 0 aliphatic carbocycles. The lowest BCUT2D eigenvalue weighted by molar-refractivity contribution is -0.122. The molecule has 1 amide bonds. The van der Waals surface area contributed by atoms with Gasteiger partial charge in [-0.2, -0.15) is 0 Å². The molecule has 1 rings (SSSR count). The van der Waals surface area contributed by atoms with Crippen LogP contribution in [0.1, 0.15) is 97.5 Å². The van der Waals surface area contributed by atoms with Crippen molar-refractivity contribution in [3.63, 3.8) is 0 Å². The van der Waals surface area contributed by atoms with Gasteiger partial charge < -0.3 is 10.2 Å². The fourth-order valence-electron chi connectivity index (χ4n) is 4.55. The van der Waals surface area contributed by atoms with E-state index in [0.717, 1.165) is 32.1 Å². The number of unbranched alkanes of at least 4 members (excludes halogenated alkanes) is 6. The van der Waals surface area contributed by atoms with E-state index in [1.54, 1.807) is 0 Å². The molecule has 0 saturated heterocycles. The Morgan fingerprint density at radius 1 is 0.929 bits per heavy atom. The van der Waals surface area contributed by atoms with Crippen molar-refractivity contribution < 1.29 is 9.21 Å². The zero-order valence-corrected chi connectivity index (χ0v) is 20.0. The van der Waals surface area contributed by atoms with Crippen molar-refractivity contribution in [2.45, 2.75) is 116 Å². The van der Waals surface area contributed by atoms with Gasteiger partial charge in [0.2, 0.25) is 5.91 Å². The third-order valence-electron chi connectivity index (χ3n) is 6.82. The highest BCUT2D eigenvalue weighted by molar-refractivity contribution is 6.91. The van der Waals surface area contributed by atoms with Crippen LogP contribution in [-0.4, -0.2) is 14.0 Å². The Morgan fingerprint density at radius 3 is 2.07 bits per heavy atom. The molecule has 0 saturated carbocycles. The van der Waals surface area contributed by atoms with E-state index in [1.165, 1.54) is 67.6 Å². The van der Waals surface area contributed by atoms with E-state index >= 15 is 0 Å². The third kappa shape index (κ3) is 7.77. The van der Waals surface area contributed by atoms with Crippen LogP contribution in [-0.2, 0) is 11.2 Å². The molecule has 1 unspecified atom stereocenters. The molecule has 0 aromatic carbocycles. The molecule has 2 N–H and O–H groups in total. The summed E-state index contributed by atoms with van der Waals surface area (Å²) in [4.78, 5) is 11.9. The average Bonchev–Trinajstić information content (AvgIpc) is 3.16. The molecule has 3 nitrogen and oxygen atoms in total. The van der Waals surface area contributed by atoms with Crippen molar-refractivity contribution in [2.75, 3.05) is 0 Å². The molecule has 0 spiro atoms. The number of amides is 1. The fourth-order valence-corrected chi connectivity index (χ4v) is 8.22. The molecular weight excluding hydrogens is 362 g/mol. The van der Waals surface area contributed by atoms with Crippen LogP contribution in [0.5, 0.6) is 0 Å². The summed E-state index contributed by atoms with van der Waals surface area (Å²) in [5, 5.41) is 1.31. The maximum absolute atomic E-state index is 11.9. The number of primary amides is 1. The summed E-state index contributed by atoms with van der Waals surface area (Å²) in [6.45, 7) is 9.20. The molecular formula is C24H45NO2Si. The Morgan fingerprint density at radius 2 is 1.50 bits per heavy atom. The van der Waals surface area contributed by atoms with Gasteiger partial charge in [0.05, 0.1) is 11.6 Å². The van der Waals surface area contributed by atoms with E-state index in [4.69, 9.17) is 10.2 Å². The van der Waals surface area contributed by atoms with Gasteiger partial charge in [0.1, 0.15) is 8.07 Å². The first-order valence-corrected chi connectivity index (χ1v) is 14.5. The molecule has 0 aliphatic heterocycles. The van der Waals surface area contributed by atoms with Crippen LogP contribution in [0.3, 0.4) is 0 Å². The number of hydrogen-bond donors (Lipinski definition) is 1. The lowest BCUT2D eigenvalue weighted by atomic mass is 9.93. The molecule has 1 aromatic rings. The Labute approximate surface area is 174 Å². The van der Waals surface area contributed by atoms with Crippen molar-refractivity contribution in [1.29, 1.82) is 0 Å². The summed E-state index contributed by atoms with van der Waals surface area (Å²) in [6.07, 6.45) is 14.8. The number of aryl methyl sites for hydroxylation is 1. The summed E-state index contributed by atoms with van der Waals surface area (Å²) in [5.74, 6) is -0.0747. The molecule has 1 heterocycles. The number of furan rings is 1. The maximum atomic E-state index is 11.9. The second-order valence-corrected chi connectivity index (χ2v) is 13.7. The van der Waals surface area contributed by atoms with Crippen LogP contribution in [0, 0.1) is 5.92 Å². The van der Waals surface area contributed by atoms with E-state index in [-0.39, 0.29) is 11.8 Å². The van der Waals surface area contributed by atoms with E-state index in [0.29, 0.717) is 0 Å². The van der Waals surface area contributed by atoms with Gasteiger partial charge in [0, 0.05) is 5.92 Å². The molecule has 0 aliphatic rings. The minimum atomic E-state index is -1.48. The Bertz CT molecular complexity index is 528. The largest absolute Gasteiger partial charge is 0.474 e. The summed E-state index contributed by atoms with van der Waals surface area (Å²) >= 11 is 0. The Balaban J connectivity index is 2.45. The Hall–Kier alpha value is -1.03. The topological polar surface area (TPSA) is 56.2 Å². The van der Waals surface area contributed by atoms with Gasteiger partial charge in [-0.05, 0) is 37.3 Å². The first-order chi connectivity index (χ1) is 13.5.